The molecule has 0 radical (unpaired) electrons. The Labute approximate surface area is 136 Å². The molecule has 2 aromatic heterocycles. The van der Waals surface area contributed by atoms with E-state index < -0.39 is 0 Å². The van der Waals surface area contributed by atoms with Gasteiger partial charge in [-0.25, -0.2) is 4.98 Å². The van der Waals surface area contributed by atoms with E-state index >= 15 is 0 Å². The van der Waals surface area contributed by atoms with Crippen molar-refractivity contribution in [3.63, 3.8) is 0 Å². The molecule has 0 aliphatic rings. The summed E-state index contributed by atoms with van der Waals surface area (Å²) in [7, 11) is 0. The van der Waals surface area contributed by atoms with Crippen molar-refractivity contribution in [1.82, 2.24) is 19.9 Å². The van der Waals surface area contributed by atoms with Crippen molar-refractivity contribution in [1.29, 1.82) is 0 Å². The third-order valence-electron chi connectivity index (χ3n) is 2.99. The van der Waals surface area contributed by atoms with Crippen LogP contribution in [0.2, 0.25) is 0 Å². The van der Waals surface area contributed by atoms with Crippen molar-refractivity contribution < 1.29 is 0 Å². The van der Waals surface area contributed by atoms with Crippen LogP contribution in [0.15, 0.2) is 33.6 Å². The second kappa shape index (κ2) is 7.33. The third-order valence-corrected chi connectivity index (χ3v) is 4.06. The zero-order chi connectivity index (χ0) is 14.5. The fraction of sp³-hybridized carbons (Fsp3) is 0.429. The molecular weight excluding hydrogens is 384 g/mol. The molecule has 0 saturated heterocycles. The molecule has 0 amide bonds. The van der Waals surface area contributed by atoms with Crippen LogP contribution in [0.25, 0.3) is 0 Å². The summed E-state index contributed by atoms with van der Waals surface area (Å²) in [5.41, 5.74) is 0.957. The average Bonchev–Trinajstić information content (AvgIpc) is 2.85. The van der Waals surface area contributed by atoms with Gasteiger partial charge >= 0.3 is 0 Å². The van der Waals surface area contributed by atoms with Gasteiger partial charge in [0.2, 0.25) is 0 Å². The summed E-state index contributed by atoms with van der Waals surface area (Å²) in [5, 5.41) is 3.47. The van der Waals surface area contributed by atoms with E-state index in [0.29, 0.717) is 0 Å². The van der Waals surface area contributed by atoms with Gasteiger partial charge < -0.3 is 9.88 Å². The molecule has 0 aliphatic carbocycles. The van der Waals surface area contributed by atoms with Crippen LogP contribution in [0, 0.1) is 0 Å². The molecular formula is C14H18Br2N4. The summed E-state index contributed by atoms with van der Waals surface area (Å²) in [6.07, 6.45) is 6.77. The Morgan fingerprint density at radius 3 is 2.75 bits per heavy atom. The highest BCUT2D eigenvalue weighted by Gasteiger charge is 2.21. The number of rotatable bonds is 6. The third kappa shape index (κ3) is 3.48. The lowest BCUT2D eigenvalue weighted by Crippen LogP contribution is -2.26. The molecule has 0 bridgehead atoms. The molecule has 2 aromatic rings. The maximum absolute atomic E-state index is 4.54. The van der Waals surface area contributed by atoms with E-state index in [0.717, 1.165) is 40.0 Å². The first-order chi connectivity index (χ1) is 9.67. The number of nitrogens with zero attached hydrogens (tertiary/aromatic N) is 3. The second-order valence-electron chi connectivity index (χ2n) is 4.49. The predicted molar refractivity (Wildman–Crippen MR) is 87.7 cm³/mol. The maximum Gasteiger partial charge on any atom is 0.132 e. The van der Waals surface area contributed by atoms with Crippen LogP contribution in [-0.2, 0) is 6.54 Å². The van der Waals surface area contributed by atoms with Crippen LogP contribution in [-0.4, -0.2) is 21.1 Å². The molecule has 0 fully saturated rings. The largest absolute Gasteiger partial charge is 0.333 e. The molecule has 1 N–H and O–H groups in total. The van der Waals surface area contributed by atoms with Gasteiger partial charge in [0.15, 0.2) is 0 Å². The number of nitrogens with one attached hydrogen (secondary N) is 1. The molecule has 6 heteroatoms. The van der Waals surface area contributed by atoms with Crippen LogP contribution >= 0.6 is 31.9 Å². The van der Waals surface area contributed by atoms with Gasteiger partial charge in [-0.3, -0.25) is 4.98 Å². The Kier molecular flexibility index (Phi) is 5.74. The first-order valence-corrected chi connectivity index (χ1v) is 8.31. The summed E-state index contributed by atoms with van der Waals surface area (Å²) in [6, 6.07) is 2.00. The van der Waals surface area contributed by atoms with Gasteiger partial charge in [0, 0.05) is 34.1 Å². The topological polar surface area (TPSA) is 42.7 Å². The van der Waals surface area contributed by atoms with E-state index in [2.05, 4.69) is 65.6 Å². The van der Waals surface area contributed by atoms with E-state index in [1.165, 1.54) is 0 Å². The standard InChI is InChI=1S/C14H18Br2N4/c1-3-6-20-7-5-18-14(20)13(17-4-2)12-11(16)8-10(15)9-19-12/h5,7-9,13,17H,3-4,6H2,1-2H3. The fourth-order valence-corrected chi connectivity index (χ4v) is 3.38. The molecule has 0 aliphatic heterocycles. The van der Waals surface area contributed by atoms with Crippen molar-refractivity contribution in [2.45, 2.75) is 32.9 Å². The first-order valence-electron chi connectivity index (χ1n) is 6.72. The highest BCUT2D eigenvalue weighted by molar-refractivity contribution is 9.11. The molecule has 0 saturated carbocycles. The zero-order valence-corrected chi connectivity index (χ0v) is 14.8. The number of aromatic nitrogens is 3. The minimum atomic E-state index is -0.0102. The SMILES string of the molecule is CCCn1ccnc1C(NCC)c1ncc(Br)cc1Br. The number of hydrogen-bond donors (Lipinski definition) is 1. The summed E-state index contributed by atoms with van der Waals surface area (Å²) >= 11 is 7.04. The Bertz CT molecular complexity index is 568. The van der Waals surface area contributed by atoms with E-state index in [4.69, 9.17) is 0 Å². The van der Waals surface area contributed by atoms with Crippen LogP contribution in [0.4, 0.5) is 0 Å². The van der Waals surface area contributed by atoms with Gasteiger partial charge in [0.1, 0.15) is 11.9 Å². The van der Waals surface area contributed by atoms with Gasteiger partial charge in [0.25, 0.3) is 0 Å². The van der Waals surface area contributed by atoms with Crippen LogP contribution in [0.5, 0.6) is 0 Å². The Morgan fingerprint density at radius 2 is 2.10 bits per heavy atom. The van der Waals surface area contributed by atoms with Gasteiger partial charge in [-0.05, 0) is 50.9 Å². The minimum Gasteiger partial charge on any atom is -0.333 e. The van der Waals surface area contributed by atoms with Crippen LogP contribution in [0.1, 0.15) is 37.8 Å². The molecule has 1 unspecified atom stereocenters. The predicted octanol–water partition coefficient (Wildman–Crippen LogP) is 3.91. The quantitative estimate of drug-likeness (QED) is 0.797. The lowest BCUT2D eigenvalue weighted by Gasteiger charge is -2.19. The average molecular weight is 402 g/mol. The normalized spacial score (nSPS) is 12.6. The molecule has 108 valence electrons. The Hall–Kier alpha value is -0.720. The van der Waals surface area contributed by atoms with Crippen molar-refractivity contribution in [2.24, 2.45) is 0 Å². The Balaban J connectivity index is 2.42. The summed E-state index contributed by atoms with van der Waals surface area (Å²) in [4.78, 5) is 9.07. The molecule has 0 spiro atoms. The fourth-order valence-electron chi connectivity index (χ4n) is 2.16. The molecule has 2 rings (SSSR count). The van der Waals surface area contributed by atoms with Crippen molar-refractivity contribution in [2.75, 3.05) is 6.54 Å². The minimum absolute atomic E-state index is 0.0102. The summed E-state index contributed by atoms with van der Waals surface area (Å²) in [5.74, 6) is 1.00. The number of aryl methyl sites for hydroxylation is 1. The number of imidazole rings is 1. The van der Waals surface area contributed by atoms with Gasteiger partial charge in [-0.2, -0.15) is 0 Å². The van der Waals surface area contributed by atoms with Gasteiger partial charge in [-0.1, -0.05) is 13.8 Å². The molecule has 1 atom stereocenters. The zero-order valence-electron chi connectivity index (χ0n) is 11.6. The van der Waals surface area contributed by atoms with Crippen molar-refractivity contribution in [3.05, 3.63) is 45.1 Å². The lowest BCUT2D eigenvalue weighted by atomic mass is 10.1. The molecule has 4 nitrogen and oxygen atoms in total. The van der Waals surface area contributed by atoms with Gasteiger partial charge in [-0.15, -0.1) is 0 Å². The van der Waals surface area contributed by atoms with Crippen molar-refractivity contribution >= 4 is 31.9 Å². The highest BCUT2D eigenvalue weighted by atomic mass is 79.9. The van der Waals surface area contributed by atoms with Gasteiger partial charge in [0.05, 0.1) is 5.69 Å². The number of halogens is 2. The summed E-state index contributed by atoms with van der Waals surface area (Å²) in [6.45, 7) is 6.08. The monoisotopic (exact) mass is 400 g/mol. The molecule has 2 heterocycles. The first kappa shape index (κ1) is 15.7. The number of pyridine rings is 1. The van der Waals surface area contributed by atoms with E-state index in [1.807, 2.05) is 24.7 Å². The van der Waals surface area contributed by atoms with Crippen LogP contribution in [0.3, 0.4) is 0 Å². The second-order valence-corrected chi connectivity index (χ2v) is 6.26. The summed E-state index contributed by atoms with van der Waals surface area (Å²) < 4.78 is 4.12. The van der Waals surface area contributed by atoms with Crippen molar-refractivity contribution in [3.8, 4) is 0 Å². The molecule has 20 heavy (non-hydrogen) atoms. The highest BCUT2D eigenvalue weighted by Crippen LogP contribution is 2.28. The van der Waals surface area contributed by atoms with E-state index in [-0.39, 0.29) is 6.04 Å². The van der Waals surface area contributed by atoms with E-state index in [1.54, 1.807) is 0 Å². The number of hydrogen-bond acceptors (Lipinski definition) is 3. The van der Waals surface area contributed by atoms with Crippen LogP contribution < -0.4 is 5.32 Å². The molecule has 0 aromatic carbocycles. The Morgan fingerprint density at radius 1 is 1.30 bits per heavy atom. The lowest BCUT2D eigenvalue weighted by molar-refractivity contribution is 0.533. The maximum atomic E-state index is 4.54. The smallest absolute Gasteiger partial charge is 0.132 e. The van der Waals surface area contributed by atoms with E-state index in [9.17, 15) is 0 Å².